The monoisotopic (exact) mass is 130 g/mol. The first-order valence-corrected chi connectivity index (χ1v) is 3.72. The maximum Gasteiger partial charge on any atom is 0.0104 e. The first kappa shape index (κ1) is 8.92. The summed E-state index contributed by atoms with van der Waals surface area (Å²) in [4.78, 5) is 0. The standard InChI is InChI=1S/C7H18N2/c1-5-8(4)9(6-2)7-3/h5-7H2,1-4H3. The fourth-order valence-electron chi connectivity index (χ4n) is 0.906. The Kier molecular flexibility index (Phi) is 4.72. The number of hydrazine groups is 1. The van der Waals surface area contributed by atoms with Crippen molar-refractivity contribution in [3.05, 3.63) is 0 Å². The summed E-state index contributed by atoms with van der Waals surface area (Å²) in [5, 5.41) is 4.54. The molecule has 0 aliphatic carbocycles. The summed E-state index contributed by atoms with van der Waals surface area (Å²) in [5.41, 5.74) is 0. The van der Waals surface area contributed by atoms with E-state index in [1.807, 2.05) is 0 Å². The maximum atomic E-state index is 2.31. The van der Waals surface area contributed by atoms with E-state index in [9.17, 15) is 0 Å². The van der Waals surface area contributed by atoms with E-state index in [1.165, 1.54) is 0 Å². The second-order valence-electron chi connectivity index (χ2n) is 2.11. The molecule has 0 aliphatic heterocycles. The van der Waals surface area contributed by atoms with Crippen LogP contribution in [0, 0.1) is 0 Å². The zero-order valence-electron chi connectivity index (χ0n) is 7.02. The third-order valence-electron chi connectivity index (χ3n) is 1.67. The summed E-state index contributed by atoms with van der Waals surface area (Å²) >= 11 is 0. The lowest BCUT2D eigenvalue weighted by molar-refractivity contribution is 0.0152. The molecule has 0 unspecified atom stereocenters. The van der Waals surface area contributed by atoms with Gasteiger partial charge in [0.15, 0.2) is 0 Å². The van der Waals surface area contributed by atoms with E-state index < -0.39 is 0 Å². The summed E-state index contributed by atoms with van der Waals surface area (Å²) < 4.78 is 0. The fraction of sp³-hybridized carbons (Fsp3) is 1.00. The Balaban J connectivity index is 3.50. The molecule has 0 aromatic rings. The van der Waals surface area contributed by atoms with Crippen molar-refractivity contribution >= 4 is 0 Å². The normalized spacial score (nSPS) is 11.3. The van der Waals surface area contributed by atoms with Gasteiger partial charge in [-0.15, -0.1) is 0 Å². The van der Waals surface area contributed by atoms with Gasteiger partial charge in [-0.2, -0.15) is 0 Å². The Labute approximate surface area is 58.4 Å². The highest BCUT2D eigenvalue weighted by Gasteiger charge is 2.01. The van der Waals surface area contributed by atoms with E-state index in [2.05, 4.69) is 37.8 Å². The van der Waals surface area contributed by atoms with E-state index in [0.29, 0.717) is 0 Å². The highest BCUT2D eigenvalue weighted by atomic mass is 15.6. The minimum Gasteiger partial charge on any atom is -0.245 e. The van der Waals surface area contributed by atoms with Gasteiger partial charge in [-0.1, -0.05) is 20.8 Å². The van der Waals surface area contributed by atoms with E-state index in [0.717, 1.165) is 19.6 Å². The summed E-state index contributed by atoms with van der Waals surface area (Å²) in [5.74, 6) is 0. The minimum atomic E-state index is 1.10. The van der Waals surface area contributed by atoms with Crippen LogP contribution in [0.5, 0.6) is 0 Å². The average molecular weight is 130 g/mol. The van der Waals surface area contributed by atoms with Gasteiger partial charge in [0, 0.05) is 26.7 Å². The molecule has 0 N–H and O–H groups in total. The number of rotatable bonds is 4. The molecular formula is C7H18N2. The Bertz CT molecular complexity index is 59.9. The van der Waals surface area contributed by atoms with Crippen LogP contribution in [0.4, 0.5) is 0 Å². The van der Waals surface area contributed by atoms with Gasteiger partial charge < -0.3 is 0 Å². The fourth-order valence-corrected chi connectivity index (χ4v) is 0.906. The van der Waals surface area contributed by atoms with Gasteiger partial charge in [0.25, 0.3) is 0 Å². The molecule has 56 valence electrons. The van der Waals surface area contributed by atoms with Crippen LogP contribution in [0.25, 0.3) is 0 Å². The topological polar surface area (TPSA) is 6.48 Å². The van der Waals surface area contributed by atoms with Gasteiger partial charge in [-0.25, -0.2) is 10.0 Å². The molecule has 0 radical (unpaired) electrons. The van der Waals surface area contributed by atoms with Crippen LogP contribution in [0.2, 0.25) is 0 Å². The van der Waals surface area contributed by atoms with Crippen molar-refractivity contribution in [1.82, 2.24) is 10.0 Å². The minimum absolute atomic E-state index is 1.10. The zero-order chi connectivity index (χ0) is 7.28. The summed E-state index contributed by atoms with van der Waals surface area (Å²) in [6.45, 7) is 9.84. The van der Waals surface area contributed by atoms with Crippen molar-refractivity contribution in [2.75, 3.05) is 26.7 Å². The zero-order valence-corrected chi connectivity index (χ0v) is 7.02. The first-order valence-electron chi connectivity index (χ1n) is 3.72. The van der Waals surface area contributed by atoms with Crippen molar-refractivity contribution in [1.29, 1.82) is 0 Å². The van der Waals surface area contributed by atoms with Crippen LogP contribution >= 0.6 is 0 Å². The van der Waals surface area contributed by atoms with Gasteiger partial charge in [0.05, 0.1) is 0 Å². The Morgan fingerprint density at radius 2 is 1.33 bits per heavy atom. The Morgan fingerprint density at radius 3 is 1.44 bits per heavy atom. The predicted molar refractivity (Wildman–Crippen MR) is 41.2 cm³/mol. The van der Waals surface area contributed by atoms with Crippen LogP contribution in [-0.4, -0.2) is 36.7 Å². The predicted octanol–water partition coefficient (Wildman–Crippen LogP) is 1.19. The molecule has 0 spiro atoms. The van der Waals surface area contributed by atoms with Crippen molar-refractivity contribution in [3.8, 4) is 0 Å². The molecule has 0 fully saturated rings. The van der Waals surface area contributed by atoms with Crippen LogP contribution < -0.4 is 0 Å². The quantitative estimate of drug-likeness (QED) is 0.527. The molecule has 2 nitrogen and oxygen atoms in total. The first-order chi connectivity index (χ1) is 4.26. The molecule has 0 aromatic heterocycles. The molecule has 0 saturated heterocycles. The van der Waals surface area contributed by atoms with Crippen molar-refractivity contribution in [2.45, 2.75) is 20.8 Å². The van der Waals surface area contributed by atoms with Gasteiger partial charge in [-0.05, 0) is 0 Å². The SMILES string of the molecule is CCN(C)N(CC)CC. The molecule has 0 aliphatic rings. The smallest absolute Gasteiger partial charge is 0.0104 e. The highest BCUT2D eigenvalue weighted by Crippen LogP contribution is 1.91. The third-order valence-corrected chi connectivity index (χ3v) is 1.67. The molecule has 9 heavy (non-hydrogen) atoms. The van der Waals surface area contributed by atoms with Crippen LogP contribution in [0.3, 0.4) is 0 Å². The lowest BCUT2D eigenvalue weighted by Crippen LogP contribution is -2.39. The van der Waals surface area contributed by atoms with Gasteiger partial charge >= 0.3 is 0 Å². The third kappa shape index (κ3) is 2.82. The van der Waals surface area contributed by atoms with Gasteiger partial charge in [0.2, 0.25) is 0 Å². The molecule has 0 rings (SSSR count). The molecule has 2 heteroatoms. The molecular weight excluding hydrogens is 112 g/mol. The lowest BCUT2D eigenvalue weighted by atomic mass is 10.6. The van der Waals surface area contributed by atoms with Gasteiger partial charge in [0.1, 0.15) is 0 Å². The van der Waals surface area contributed by atoms with Gasteiger partial charge in [-0.3, -0.25) is 0 Å². The van der Waals surface area contributed by atoms with Crippen molar-refractivity contribution in [3.63, 3.8) is 0 Å². The maximum absolute atomic E-state index is 2.31. The lowest BCUT2D eigenvalue weighted by Gasteiger charge is -2.28. The van der Waals surface area contributed by atoms with E-state index in [4.69, 9.17) is 0 Å². The Hall–Kier alpha value is -0.0800. The second kappa shape index (κ2) is 4.77. The van der Waals surface area contributed by atoms with Crippen LogP contribution in [-0.2, 0) is 0 Å². The average Bonchev–Trinajstić information content (AvgIpc) is 1.90. The van der Waals surface area contributed by atoms with E-state index >= 15 is 0 Å². The number of nitrogens with zero attached hydrogens (tertiary/aromatic N) is 2. The van der Waals surface area contributed by atoms with E-state index in [-0.39, 0.29) is 0 Å². The van der Waals surface area contributed by atoms with Crippen LogP contribution in [0.1, 0.15) is 20.8 Å². The molecule has 0 aromatic carbocycles. The van der Waals surface area contributed by atoms with Crippen molar-refractivity contribution in [2.24, 2.45) is 0 Å². The molecule has 0 saturated carbocycles. The highest BCUT2D eigenvalue weighted by molar-refractivity contribution is 4.44. The Morgan fingerprint density at radius 1 is 0.889 bits per heavy atom. The largest absolute Gasteiger partial charge is 0.245 e. The summed E-state index contributed by atoms with van der Waals surface area (Å²) in [6, 6.07) is 0. The molecule has 0 atom stereocenters. The van der Waals surface area contributed by atoms with E-state index in [1.54, 1.807) is 0 Å². The summed E-state index contributed by atoms with van der Waals surface area (Å²) in [6.07, 6.45) is 0. The number of hydrogen-bond donors (Lipinski definition) is 0. The molecule has 0 heterocycles. The van der Waals surface area contributed by atoms with Crippen molar-refractivity contribution < 1.29 is 0 Å². The molecule has 0 amide bonds. The second-order valence-corrected chi connectivity index (χ2v) is 2.11. The number of hydrogen-bond acceptors (Lipinski definition) is 2. The molecule has 0 bridgehead atoms. The van der Waals surface area contributed by atoms with Crippen LogP contribution in [0.15, 0.2) is 0 Å². The summed E-state index contributed by atoms with van der Waals surface area (Å²) in [7, 11) is 2.12.